The van der Waals surface area contributed by atoms with Crippen LogP contribution in [0.5, 0.6) is 0 Å². The van der Waals surface area contributed by atoms with E-state index in [0.29, 0.717) is 22.4 Å². The molecule has 26 heavy (non-hydrogen) atoms. The van der Waals surface area contributed by atoms with Gasteiger partial charge in [0.05, 0.1) is 0 Å². The third-order valence-corrected chi connectivity index (χ3v) is 4.02. The molecule has 0 unspecified atom stereocenters. The van der Waals surface area contributed by atoms with Gasteiger partial charge in [0.25, 0.3) is 5.91 Å². The van der Waals surface area contributed by atoms with E-state index < -0.39 is 0 Å². The average molecular weight is 367 g/mol. The minimum Gasteiger partial charge on any atom is -0.324 e. The van der Waals surface area contributed by atoms with E-state index in [0.717, 1.165) is 17.8 Å². The summed E-state index contributed by atoms with van der Waals surface area (Å²) in [4.78, 5) is 21.2. The number of benzene rings is 2. The van der Waals surface area contributed by atoms with Crippen molar-refractivity contribution in [3.63, 3.8) is 0 Å². The lowest BCUT2D eigenvalue weighted by atomic mass is 10.1. The summed E-state index contributed by atoms with van der Waals surface area (Å²) >= 11 is 5.99. The Kier molecular flexibility index (Phi) is 5.49. The third kappa shape index (κ3) is 4.58. The summed E-state index contributed by atoms with van der Waals surface area (Å²) in [6.07, 6.45) is 0.956. The summed E-state index contributed by atoms with van der Waals surface area (Å²) in [5.41, 5.74) is 3.68. The molecular weight excluding hydrogens is 348 g/mol. The van der Waals surface area contributed by atoms with Crippen molar-refractivity contribution in [1.29, 1.82) is 0 Å². The largest absolute Gasteiger partial charge is 0.324 e. The molecule has 2 N–H and O–H groups in total. The van der Waals surface area contributed by atoms with Crippen LogP contribution < -0.4 is 10.6 Å². The van der Waals surface area contributed by atoms with Crippen LogP contribution in [0.1, 0.15) is 28.7 Å². The number of carbonyl (C=O) groups is 1. The molecule has 0 aliphatic heterocycles. The molecule has 0 radical (unpaired) electrons. The average Bonchev–Trinajstić information content (AvgIpc) is 2.62. The summed E-state index contributed by atoms with van der Waals surface area (Å²) < 4.78 is 0. The highest BCUT2D eigenvalue weighted by atomic mass is 35.5. The van der Waals surface area contributed by atoms with Gasteiger partial charge >= 0.3 is 0 Å². The Labute approximate surface area is 157 Å². The van der Waals surface area contributed by atoms with Gasteiger partial charge < -0.3 is 10.6 Å². The molecule has 6 heteroatoms. The van der Waals surface area contributed by atoms with E-state index >= 15 is 0 Å². The number of anilines is 3. The fraction of sp³-hybridized carbons (Fsp3) is 0.150. The number of halogens is 1. The molecule has 2 aromatic carbocycles. The van der Waals surface area contributed by atoms with Crippen molar-refractivity contribution in [3.05, 3.63) is 76.6 Å². The summed E-state index contributed by atoms with van der Waals surface area (Å²) in [7, 11) is 0. The van der Waals surface area contributed by atoms with Crippen LogP contribution in [0.15, 0.2) is 54.6 Å². The summed E-state index contributed by atoms with van der Waals surface area (Å²) in [5.74, 6) is 0.0626. The smallest absolute Gasteiger partial charge is 0.274 e. The maximum atomic E-state index is 12.5. The monoisotopic (exact) mass is 366 g/mol. The highest BCUT2D eigenvalue weighted by Crippen LogP contribution is 2.19. The van der Waals surface area contributed by atoms with Gasteiger partial charge in [-0.15, -0.1) is 0 Å². The Hall–Kier alpha value is -2.92. The Morgan fingerprint density at radius 1 is 1.04 bits per heavy atom. The molecule has 1 aromatic heterocycles. The lowest BCUT2D eigenvalue weighted by Crippen LogP contribution is -2.15. The number of nitrogens with one attached hydrogen (secondary N) is 2. The molecule has 1 amide bonds. The van der Waals surface area contributed by atoms with Gasteiger partial charge in [-0.3, -0.25) is 4.79 Å². The second kappa shape index (κ2) is 7.97. The summed E-state index contributed by atoms with van der Waals surface area (Å²) in [6, 6.07) is 16.6. The Morgan fingerprint density at radius 2 is 1.81 bits per heavy atom. The molecule has 0 spiro atoms. The molecule has 132 valence electrons. The zero-order valence-corrected chi connectivity index (χ0v) is 15.3. The van der Waals surface area contributed by atoms with Crippen molar-refractivity contribution in [1.82, 2.24) is 9.97 Å². The van der Waals surface area contributed by atoms with Gasteiger partial charge in [-0.2, -0.15) is 0 Å². The van der Waals surface area contributed by atoms with Crippen molar-refractivity contribution in [3.8, 4) is 0 Å². The second-order valence-electron chi connectivity index (χ2n) is 5.86. The Bertz CT molecular complexity index is 925. The molecule has 1 heterocycles. The van der Waals surface area contributed by atoms with Crippen LogP contribution in [0.2, 0.25) is 5.02 Å². The van der Waals surface area contributed by atoms with Gasteiger partial charge in [-0.05, 0) is 55.3 Å². The van der Waals surface area contributed by atoms with Gasteiger partial charge in [0.2, 0.25) is 5.95 Å². The number of nitrogens with zero attached hydrogens (tertiary/aromatic N) is 2. The highest BCUT2D eigenvalue weighted by Gasteiger charge is 2.11. The third-order valence-electron chi connectivity index (χ3n) is 3.79. The molecule has 3 aromatic rings. The zero-order valence-electron chi connectivity index (χ0n) is 14.6. The van der Waals surface area contributed by atoms with E-state index in [-0.39, 0.29) is 5.91 Å². The molecule has 5 nitrogen and oxygen atoms in total. The van der Waals surface area contributed by atoms with Gasteiger partial charge in [-0.1, -0.05) is 36.7 Å². The molecule has 0 fully saturated rings. The van der Waals surface area contributed by atoms with Gasteiger partial charge in [-0.25, -0.2) is 9.97 Å². The van der Waals surface area contributed by atoms with Crippen LogP contribution in [0, 0.1) is 6.92 Å². The summed E-state index contributed by atoms with van der Waals surface area (Å²) in [6.45, 7) is 3.91. The SMILES string of the molecule is CCc1ccc(NC(=O)c2cc(C)nc(Nc3cccc(Cl)c3)n2)cc1. The number of aryl methyl sites for hydroxylation is 2. The minimum atomic E-state index is -0.283. The number of rotatable bonds is 5. The van der Waals surface area contributed by atoms with Crippen molar-refractivity contribution in [2.45, 2.75) is 20.3 Å². The molecule has 0 atom stereocenters. The number of aromatic nitrogens is 2. The number of hydrogen-bond acceptors (Lipinski definition) is 4. The zero-order chi connectivity index (χ0) is 18.5. The Morgan fingerprint density at radius 3 is 2.50 bits per heavy atom. The van der Waals surface area contributed by atoms with E-state index in [4.69, 9.17) is 11.6 Å². The maximum Gasteiger partial charge on any atom is 0.274 e. The van der Waals surface area contributed by atoms with Gasteiger partial charge in [0.1, 0.15) is 5.69 Å². The quantitative estimate of drug-likeness (QED) is 0.667. The van der Waals surface area contributed by atoms with E-state index in [1.165, 1.54) is 5.56 Å². The molecular formula is C20H19ClN4O. The normalized spacial score (nSPS) is 10.4. The number of amides is 1. The first-order valence-corrected chi connectivity index (χ1v) is 8.70. The standard InChI is InChI=1S/C20H19ClN4O/c1-3-14-7-9-16(10-8-14)23-19(26)18-11-13(2)22-20(25-18)24-17-6-4-5-15(21)12-17/h4-12H,3H2,1-2H3,(H,23,26)(H,22,24,25). The first-order chi connectivity index (χ1) is 12.5. The van der Waals surface area contributed by atoms with Crippen molar-refractivity contribution >= 4 is 34.8 Å². The first kappa shape index (κ1) is 17.9. The molecule has 0 bridgehead atoms. The maximum absolute atomic E-state index is 12.5. The minimum absolute atomic E-state index is 0.283. The lowest BCUT2D eigenvalue weighted by Gasteiger charge is -2.09. The molecule has 0 aliphatic carbocycles. The van der Waals surface area contributed by atoms with Crippen LogP contribution in [0.25, 0.3) is 0 Å². The number of carbonyl (C=O) groups excluding carboxylic acids is 1. The molecule has 0 aliphatic rings. The van der Waals surface area contributed by atoms with Gasteiger partial charge in [0.15, 0.2) is 0 Å². The highest BCUT2D eigenvalue weighted by molar-refractivity contribution is 6.30. The predicted octanol–water partition coefficient (Wildman–Crippen LogP) is 5.00. The Balaban J connectivity index is 1.78. The van der Waals surface area contributed by atoms with E-state index in [9.17, 15) is 4.79 Å². The topological polar surface area (TPSA) is 66.9 Å². The molecule has 3 rings (SSSR count). The summed E-state index contributed by atoms with van der Waals surface area (Å²) in [5, 5.41) is 6.54. The van der Waals surface area contributed by atoms with E-state index in [1.807, 2.05) is 43.3 Å². The lowest BCUT2D eigenvalue weighted by molar-refractivity contribution is 0.102. The fourth-order valence-corrected chi connectivity index (χ4v) is 2.65. The van der Waals surface area contributed by atoms with Crippen LogP contribution in [-0.2, 0) is 6.42 Å². The molecule has 0 saturated carbocycles. The van der Waals surface area contributed by atoms with Crippen molar-refractivity contribution in [2.75, 3.05) is 10.6 Å². The van der Waals surface area contributed by atoms with Crippen LogP contribution in [0.4, 0.5) is 17.3 Å². The fourth-order valence-electron chi connectivity index (χ4n) is 2.46. The van der Waals surface area contributed by atoms with Crippen LogP contribution in [-0.4, -0.2) is 15.9 Å². The predicted molar refractivity (Wildman–Crippen MR) is 105 cm³/mol. The van der Waals surface area contributed by atoms with E-state index in [2.05, 4.69) is 27.5 Å². The van der Waals surface area contributed by atoms with Crippen LogP contribution in [0.3, 0.4) is 0 Å². The van der Waals surface area contributed by atoms with E-state index in [1.54, 1.807) is 18.2 Å². The van der Waals surface area contributed by atoms with Gasteiger partial charge in [0, 0.05) is 22.1 Å². The van der Waals surface area contributed by atoms with Crippen molar-refractivity contribution in [2.24, 2.45) is 0 Å². The molecule has 0 saturated heterocycles. The second-order valence-corrected chi connectivity index (χ2v) is 6.29. The van der Waals surface area contributed by atoms with Crippen molar-refractivity contribution < 1.29 is 4.79 Å². The number of hydrogen-bond donors (Lipinski definition) is 2. The first-order valence-electron chi connectivity index (χ1n) is 8.32. The van der Waals surface area contributed by atoms with Crippen LogP contribution >= 0.6 is 11.6 Å².